The largest absolute Gasteiger partial charge is 0.416 e. The highest BCUT2D eigenvalue weighted by Gasteiger charge is 2.37. The van der Waals surface area contributed by atoms with Crippen molar-refractivity contribution < 1.29 is 26.3 Å². The Kier molecular flexibility index (Phi) is 4.70. The minimum absolute atomic E-state index is 0.0139. The van der Waals surface area contributed by atoms with E-state index in [1.54, 1.807) is 52.9 Å². The first-order chi connectivity index (χ1) is 17.4. The third kappa shape index (κ3) is 3.45. The third-order valence-corrected chi connectivity index (χ3v) is 6.52. The van der Waals surface area contributed by atoms with Gasteiger partial charge in [-0.05, 0) is 65.7 Å². The van der Waals surface area contributed by atoms with E-state index >= 15 is 0 Å². The molecule has 0 aliphatic carbocycles. The molecule has 0 bridgehead atoms. The van der Waals surface area contributed by atoms with Gasteiger partial charge in [0.2, 0.25) is 0 Å². The number of aromatic nitrogens is 1. The van der Waals surface area contributed by atoms with E-state index in [9.17, 15) is 35.9 Å². The van der Waals surface area contributed by atoms with Gasteiger partial charge in [-0.3, -0.25) is 9.59 Å². The van der Waals surface area contributed by atoms with Crippen LogP contribution >= 0.6 is 0 Å². The number of fused-ring (bicyclic) bond motifs is 4. The molecule has 0 atom stereocenters. The maximum atomic E-state index is 13.5. The van der Waals surface area contributed by atoms with Gasteiger partial charge in [0, 0.05) is 21.5 Å². The lowest BCUT2D eigenvalue weighted by Gasteiger charge is -2.17. The highest BCUT2D eigenvalue weighted by atomic mass is 19.4. The molecule has 6 rings (SSSR count). The first kappa shape index (κ1) is 23.0. The molecule has 37 heavy (non-hydrogen) atoms. The van der Waals surface area contributed by atoms with Crippen LogP contribution in [-0.2, 0) is 12.4 Å². The van der Waals surface area contributed by atoms with Crippen molar-refractivity contribution in [3.8, 4) is 11.1 Å². The lowest BCUT2D eigenvalue weighted by atomic mass is 9.94. The number of alkyl halides is 6. The topological polar surface area (TPSA) is 38.5 Å². The van der Waals surface area contributed by atoms with Crippen LogP contribution in [0.5, 0.6) is 0 Å². The third-order valence-electron chi connectivity index (χ3n) is 6.52. The summed E-state index contributed by atoms with van der Waals surface area (Å²) in [6.45, 7) is 0. The molecule has 184 valence electrons. The van der Waals surface area contributed by atoms with Gasteiger partial charge in [-0.2, -0.15) is 26.3 Å². The van der Waals surface area contributed by atoms with Crippen molar-refractivity contribution in [2.75, 3.05) is 0 Å². The monoisotopic (exact) mass is 509 g/mol. The first-order valence-electron chi connectivity index (χ1n) is 11.0. The van der Waals surface area contributed by atoms with Crippen molar-refractivity contribution in [1.29, 1.82) is 0 Å². The van der Waals surface area contributed by atoms with Crippen molar-refractivity contribution >= 4 is 38.1 Å². The van der Waals surface area contributed by atoms with E-state index in [-0.39, 0.29) is 27.9 Å². The number of nitrogens with zero attached hydrogens (tertiary/aromatic N) is 1. The molecular weight excluding hydrogens is 496 g/mol. The smallest absolute Gasteiger partial charge is 0.308 e. The Balaban J connectivity index is 1.83. The van der Waals surface area contributed by atoms with Gasteiger partial charge in [0.1, 0.15) is 0 Å². The minimum Gasteiger partial charge on any atom is -0.308 e. The molecule has 0 saturated carbocycles. The summed E-state index contributed by atoms with van der Waals surface area (Å²) < 4.78 is 82.8. The van der Waals surface area contributed by atoms with Gasteiger partial charge >= 0.3 is 12.4 Å². The summed E-state index contributed by atoms with van der Waals surface area (Å²) in [5.74, 6) is 0. The van der Waals surface area contributed by atoms with Gasteiger partial charge in [-0.25, -0.2) is 0 Å². The van der Waals surface area contributed by atoms with Crippen LogP contribution in [0.25, 0.3) is 49.2 Å². The average Bonchev–Trinajstić information content (AvgIpc) is 2.87. The van der Waals surface area contributed by atoms with Crippen LogP contribution in [0.4, 0.5) is 26.3 Å². The summed E-state index contributed by atoms with van der Waals surface area (Å²) in [6.07, 6.45) is -10.1. The maximum Gasteiger partial charge on any atom is 0.416 e. The fourth-order valence-electron chi connectivity index (χ4n) is 4.89. The van der Waals surface area contributed by atoms with E-state index in [1.165, 1.54) is 12.1 Å². The lowest BCUT2D eigenvalue weighted by Crippen LogP contribution is -2.14. The van der Waals surface area contributed by atoms with Gasteiger partial charge in [-0.15, -0.1) is 0 Å². The number of pyridine rings is 2. The van der Waals surface area contributed by atoms with E-state index in [2.05, 4.69) is 0 Å². The lowest BCUT2D eigenvalue weighted by molar-refractivity contribution is -0.143. The van der Waals surface area contributed by atoms with Gasteiger partial charge in [0.05, 0.1) is 27.7 Å². The second kappa shape index (κ2) is 7.55. The van der Waals surface area contributed by atoms with Crippen LogP contribution < -0.4 is 10.9 Å². The number of hydrogen-bond acceptors (Lipinski definition) is 2. The molecule has 0 spiro atoms. The zero-order valence-electron chi connectivity index (χ0n) is 18.5. The fourth-order valence-corrected chi connectivity index (χ4v) is 4.89. The van der Waals surface area contributed by atoms with Crippen LogP contribution in [0.1, 0.15) is 11.1 Å². The van der Waals surface area contributed by atoms with E-state index in [0.717, 1.165) is 0 Å². The molecule has 4 aromatic carbocycles. The Morgan fingerprint density at radius 2 is 0.919 bits per heavy atom. The second-order valence-electron chi connectivity index (χ2n) is 8.74. The maximum absolute atomic E-state index is 13.5. The molecule has 0 amide bonds. The normalized spacial score (nSPS) is 12.8. The SMILES string of the molecule is O=c1c2ccccc2n2c3ccccc3c(=O)c3cc(-c4cc(C(F)(F)F)cc(C(F)(F)F)c4)cc1c32. The minimum atomic E-state index is -5.04. The zero-order valence-corrected chi connectivity index (χ0v) is 18.5. The molecule has 6 aromatic rings. The van der Waals surface area contributed by atoms with Crippen molar-refractivity contribution in [3.63, 3.8) is 0 Å². The molecule has 0 aliphatic rings. The quantitative estimate of drug-likeness (QED) is 0.133. The number of hydrogen-bond donors (Lipinski definition) is 0. The standard InChI is InChI=1S/C28H13F6NO2/c29-27(30,31)16-9-14(10-17(13-16)28(32,33)34)15-11-20-24-21(12-15)26(37)19-6-2-4-8-23(19)35(24)22-7-3-1-5-18(22)25(20)36/h1-13H. The van der Waals surface area contributed by atoms with Crippen molar-refractivity contribution in [1.82, 2.24) is 4.40 Å². The number of benzene rings is 4. The van der Waals surface area contributed by atoms with Crippen LogP contribution in [0.15, 0.2) is 88.5 Å². The van der Waals surface area contributed by atoms with Crippen molar-refractivity contribution in [2.24, 2.45) is 0 Å². The molecular formula is C28H13F6NO2. The Labute approximate surface area is 203 Å². The van der Waals surface area contributed by atoms with E-state index in [4.69, 9.17) is 0 Å². The summed E-state index contributed by atoms with van der Waals surface area (Å²) in [4.78, 5) is 27.0. The number of rotatable bonds is 1. The van der Waals surface area contributed by atoms with Crippen molar-refractivity contribution in [3.05, 3.63) is 110 Å². The number of halogens is 6. The summed E-state index contributed by atoms with van der Waals surface area (Å²) in [5.41, 5.74) is -3.17. The second-order valence-corrected chi connectivity index (χ2v) is 8.74. The molecule has 2 aromatic heterocycles. The Morgan fingerprint density at radius 1 is 0.514 bits per heavy atom. The van der Waals surface area contributed by atoms with Crippen LogP contribution in [0, 0.1) is 0 Å². The van der Waals surface area contributed by atoms with Gasteiger partial charge in [0.15, 0.2) is 10.9 Å². The average molecular weight is 509 g/mol. The molecule has 2 heterocycles. The Morgan fingerprint density at radius 3 is 1.35 bits per heavy atom. The van der Waals surface area contributed by atoms with E-state index < -0.39 is 39.9 Å². The highest BCUT2D eigenvalue weighted by molar-refractivity contribution is 6.09. The summed E-state index contributed by atoms with van der Waals surface area (Å²) in [6, 6.07) is 17.1. The van der Waals surface area contributed by atoms with Crippen molar-refractivity contribution in [2.45, 2.75) is 12.4 Å². The van der Waals surface area contributed by atoms with Gasteiger partial charge < -0.3 is 4.40 Å². The molecule has 0 radical (unpaired) electrons. The van der Waals surface area contributed by atoms with E-state index in [1.807, 2.05) is 0 Å². The van der Waals surface area contributed by atoms with Crippen LogP contribution in [0.2, 0.25) is 0 Å². The molecule has 0 N–H and O–H groups in total. The van der Waals surface area contributed by atoms with Gasteiger partial charge in [-0.1, -0.05) is 24.3 Å². The molecule has 0 aliphatic heterocycles. The zero-order chi connectivity index (χ0) is 26.3. The molecule has 3 nitrogen and oxygen atoms in total. The molecule has 0 fully saturated rings. The Hall–Kier alpha value is -4.40. The Bertz CT molecular complexity index is 1870. The predicted octanol–water partition coefficient (Wildman–Crippen LogP) is 7.26. The molecule has 0 saturated heterocycles. The number of para-hydroxylation sites is 2. The summed E-state index contributed by atoms with van der Waals surface area (Å²) in [5, 5.41) is 0.615. The summed E-state index contributed by atoms with van der Waals surface area (Å²) >= 11 is 0. The predicted molar refractivity (Wildman–Crippen MR) is 129 cm³/mol. The highest BCUT2D eigenvalue weighted by Crippen LogP contribution is 2.39. The molecule has 9 heteroatoms. The van der Waals surface area contributed by atoms with Crippen LogP contribution in [0.3, 0.4) is 0 Å². The summed E-state index contributed by atoms with van der Waals surface area (Å²) in [7, 11) is 0. The van der Waals surface area contributed by atoms with E-state index in [0.29, 0.717) is 33.9 Å². The fraction of sp³-hybridized carbons (Fsp3) is 0.0714. The molecule has 0 unspecified atom stereocenters. The first-order valence-corrected chi connectivity index (χ1v) is 11.0. The van der Waals surface area contributed by atoms with Gasteiger partial charge in [0.25, 0.3) is 0 Å². The van der Waals surface area contributed by atoms with Crippen LogP contribution in [-0.4, -0.2) is 4.40 Å².